The van der Waals surface area contributed by atoms with Gasteiger partial charge in [0.05, 0.1) is 11.0 Å². The van der Waals surface area contributed by atoms with E-state index in [-0.39, 0.29) is 11.7 Å². The van der Waals surface area contributed by atoms with Gasteiger partial charge in [-0.2, -0.15) is 0 Å². The SMILES string of the molecule is CC(c1ccc(Br)cc1)N1CCC(n2c(=O)[nH]c3ccccc32)CC1. The predicted octanol–water partition coefficient (Wildman–Crippen LogP) is 4.49. The maximum atomic E-state index is 12.4. The smallest absolute Gasteiger partial charge is 0.306 e. The summed E-state index contributed by atoms with van der Waals surface area (Å²) in [6.45, 7) is 4.28. The van der Waals surface area contributed by atoms with E-state index in [1.807, 2.05) is 28.8 Å². The van der Waals surface area contributed by atoms with Gasteiger partial charge in [0.1, 0.15) is 0 Å². The van der Waals surface area contributed by atoms with Crippen LogP contribution in [-0.2, 0) is 0 Å². The quantitative estimate of drug-likeness (QED) is 0.704. The topological polar surface area (TPSA) is 41.0 Å². The number of aromatic nitrogens is 2. The Morgan fingerprint density at radius 1 is 1.08 bits per heavy atom. The fraction of sp³-hybridized carbons (Fsp3) is 0.350. The van der Waals surface area contributed by atoms with Crippen LogP contribution in [0, 0.1) is 0 Å². The van der Waals surface area contributed by atoms with E-state index in [0.717, 1.165) is 41.4 Å². The largest absolute Gasteiger partial charge is 0.326 e. The molecule has 1 saturated heterocycles. The van der Waals surface area contributed by atoms with Gasteiger partial charge in [0, 0.05) is 29.6 Å². The fourth-order valence-corrected chi connectivity index (χ4v) is 4.18. The lowest BCUT2D eigenvalue weighted by Crippen LogP contribution is -2.38. The number of piperidine rings is 1. The third-order valence-corrected chi connectivity index (χ3v) is 5.92. The number of imidazole rings is 1. The summed E-state index contributed by atoms with van der Waals surface area (Å²) in [6, 6.07) is 17.2. The molecule has 1 aliphatic rings. The molecule has 1 N–H and O–H groups in total. The molecule has 5 heteroatoms. The first-order valence-corrected chi connectivity index (χ1v) is 9.61. The van der Waals surface area contributed by atoms with Gasteiger partial charge in [-0.15, -0.1) is 0 Å². The van der Waals surface area contributed by atoms with E-state index in [9.17, 15) is 4.79 Å². The molecule has 4 rings (SSSR count). The van der Waals surface area contributed by atoms with Crippen LogP contribution < -0.4 is 5.69 Å². The van der Waals surface area contributed by atoms with Crippen molar-refractivity contribution in [2.45, 2.75) is 31.8 Å². The van der Waals surface area contributed by atoms with Crippen LogP contribution in [0.4, 0.5) is 0 Å². The van der Waals surface area contributed by atoms with Crippen LogP contribution in [0.15, 0.2) is 57.8 Å². The molecule has 2 heterocycles. The second-order valence-corrected chi connectivity index (χ2v) is 7.73. The standard InChI is InChI=1S/C20H22BrN3O/c1-14(15-6-8-16(21)9-7-15)23-12-10-17(11-13-23)24-19-5-3-2-4-18(19)22-20(24)25/h2-9,14,17H,10-13H2,1H3,(H,22,25). The third kappa shape index (κ3) is 3.18. The average molecular weight is 400 g/mol. The lowest BCUT2D eigenvalue weighted by molar-refractivity contribution is 0.144. The lowest BCUT2D eigenvalue weighted by atomic mass is 10.00. The molecule has 4 nitrogen and oxygen atoms in total. The van der Waals surface area contributed by atoms with Crippen molar-refractivity contribution < 1.29 is 0 Å². The van der Waals surface area contributed by atoms with E-state index < -0.39 is 0 Å². The van der Waals surface area contributed by atoms with E-state index >= 15 is 0 Å². The molecule has 1 unspecified atom stereocenters. The van der Waals surface area contributed by atoms with E-state index in [1.54, 1.807) is 0 Å². The first-order valence-electron chi connectivity index (χ1n) is 8.82. The van der Waals surface area contributed by atoms with Crippen LogP contribution in [0.5, 0.6) is 0 Å². The number of para-hydroxylation sites is 2. The van der Waals surface area contributed by atoms with Crippen molar-refractivity contribution in [3.8, 4) is 0 Å². The summed E-state index contributed by atoms with van der Waals surface area (Å²) in [6.07, 6.45) is 2.01. The van der Waals surface area contributed by atoms with Gasteiger partial charge in [0.2, 0.25) is 0 Å². The van der Waals surface area contributed by atoms with Crippen LogP contribution in [0.3, 0.4) is 0 Å². The predicted molar refractivity (Wildman–Crippen MR) is 105 cm³/mol. The number of nitrogens with one attached hydrogen (secondary N) is 1. The van der Waals surface area contributed by atoms with Crippen molar-refractivity contribution in [3.63, 3.8) is 0 Å². The molecule has 25 heavy (non-hydrogen) atoms. The molecule has 3 aromatic rings. The van der Waals surface area contributed by atoms with Crippen LogP contribution in [0.1, 0.15) is 37.4 Å². The Hall–Kier alpha value is -1.85. The zero-order valence-corrected chi connectivity index (χ0v) is 15.9. The monoisotopic (exact) mass is 399 g/mol. The van der Waals surface area contributed by atoms with Gasteiger partial charge in [-0.25, -0.2) is 4.79 Å². The van der Waals surface area contributed by atoms with Crippen LogP contribution in [-0.4, -0.2) is 27.5 Å². The number of rotatable bonds is 3. The Labute approximate surface area is 155 Å². The van der Waals surface area contributed by atoms with Crippen molar-refractivity contribution >= 4 is 27.0 Å². The summed E-state index contributed by atoms with van der Waals surface area (Å²) in [5.41, 5.74) is 3.30. The molecule has 1 fully saturated rings. The molecule has 130 valence electrons. The number of halogens is 1. The highest BCUT2D eigenvalue weighted by Gasteiger charge is 2.26. The van der Waals surface area contributed by atoms with Gasteiger partial charge in [-0.3, -0.25) is 9.47 Å². The summed E-state index contributed by atoms with van der Waals surface area (Å²) in [5.74, 6) is 0. The van der Waals surface area contributed by atoms with Crippen molar-refractivity contribution in [3.05, 3.63) is 69.1 Å². The van der Waals surface area contributed by atoms with E-state index in [1.165, 1.54) is 5.56 Å². The van der Waals surface area contributed by atoms with Gasteiger partial charge in [0.25, 0.3) is 0 Å². The van der Waals surface area contributed by atoms with Crippen molar-refractivity contribution in [2.24, 2.45) is 0 Å². The maximum Gasteiger partial charge on any atom is 0.326 e. The second kappa shape index (κ2) is 6.81. The Morgan fingerprint density at radius 3 is 2.48 bits per heavy atom. The Bertz CT molecular complexity index is 920. The van der Waals surface area contributed by atoms with Gasteiger partial charge < -0.3 is 4.98 Å². The summed E-state index contributed by atoms with van der Waals surface area (Å²) in [7, 11) is 0. The molecule has 1 aliphatic heterocycles. The summed E-state index contributed by atoms with van der Waals surface area (Å²) in [4.78, 5) is 17.9. The first-order chi connectivity index (χ1) is 12.1. The molecule has 2 aromatic carbocycles. The summed E-state index contributed by atoms with van der Waals surface area (Å²) < 4.78 is 3.07. The highest BCUT2D eigenvalue weighted by Crippen LogP contribution is 2.30. The van der Waals surface area contributed by atoms with Crippen LogP contribution in [0.2, 0.25) is 0 Å². The number of aromatic amines is 1. The molecule has 0 amide bonds. The third-order valence-electron chi connectivity index (χ3n) is 5.39. The van der Waals surface area contributed by atoms with Gasteiger partial charge in [-0.05, 0) is 49.6 Å². The molecule has 1 atom stereocenters. The number of hydrogen-bond acceptors (Lipinski definition) is 2. The minimum absolute atomic E-state index is 0.0145. The molecule has 0 bridgehead atoms. The Morgan fingerprint density at radius 2 is 1.76 bits per heavy atom. The van der Waals surface area contributed by atoms with Gasteiger partial charge in [-0.1, -0.05) is 40.2 Å². The molecular formula is C20H22BrN3O. The van der Waals surface area contributed by atoms with Gasteiger partial charge >= 0.3 is 5.69 Å². The van der Waals surface area contributed by atoms with Crippen molar-refractivity contribution in [1.82, 2.24) is 14.5 Å². The van der Waals surface area contributed by atoms with E-state index in [4.69, 9.17) is 0 Å². The number of benzene rings is 2. The maximum absolute atomic E-state index is 12.4. The Kier molecular flexibility index (Phi) is 4.52. The highest BCUT2D eigenvalue weighted by atomic mass is 79.9. The fourth-order valence-electron chi connectivity index (χ4n) is 3.92. The Balaban J connectivity index is 1.50. The summed E-state index contributed by atoms with van der Waals surface area (Å²) >= 11 is 3.50. The van der Waals surface area contributed by atoms with E-state index in [2.05, 4.69) is 57.0 Å². The zero-order valence-electron chi connectivity index (χ0n) is 14.3. The van der Waals surface area contributed by atoms with Crippen LogP contribution in [0.25, 0.3) is 11.0 Å². The molecular weight excluding hydrogens is 378 g/mol. The number of H-pyrrole nitrogens is 1. The van der Waals surface area contributed by atoms with E-state index in [0.29, 0.717) is 6.04 Å². The number of nitrogens with zero attached hydrogens (tertiary/aromatic N) is 2. The molecule has 0 aliphatic carbocycles. The van der Waals surface area contributed by atoms with Crippen molar-refractivity contribution in [1.29, 1.82) is 0 Å². The normalized spacial score (nSPS) is 17.8. The molecule has 0 saturated carbocycles. The van der Waals surface area contributed by atoms with Gasteiger partial charge in [0.15, 0.2) is 0 Å². The lowest BCUT2D eigenvalue weighted by Gasteiger charge is -2.36. The highest BCUT2D eigenvalue weighted by molar-refractivity contribution is 9.10. The van der Waals surface area contributed by atoms with Crippen molar-refractivity contribution in [2.75, 3.05) is 13.1 Å². The molecule has 0 spiro atoms. The minimum atomic E-state index is 0.0145. The minimum Gasteiger partial charge on any atom is -0.306 e. The van der Waals surface area contributed by atoms with Crippen LogP contribution >= 0.6 is 15.9 Å². The number of hydrogen-bond donors (Lipinski definition) is 1. The first kappa shape index (κ1) is 16.6. The zero-order chi connectivity index (χ0) is 17.4. The second-order valence-electron chi connectivity index (χ2n) is 6.81. The number of fused-ring (bicyclic) bond motifs is 1. The number of likely N-dealkylation sites (tertiary alicyclic amines) is 1. The summed E-state index contributed by atoms with van der Waals surface area (Å²) in [5, 5.41) is 0. The average Bonchev–Trinajstić information content (AvgIpc) is 2.97. The molecule has 1 aromatic heterocycles. The molecule has 0 radical (unpaired) electrons.